The number of amides is 1. The van der Waals surface area contributed by atoms with Gasteiger partial charge in [0.05, 0.1) is 5.54 Å². The van der Waals surface area contributed by atoms with Crippen LogP contribution in [-0.4, -0.2) is 24.0 Å². The summed E-state index contributed by atoms with van der Waals surface area (Å²) in [6, 6.07) is 0.412. The summed E-state index contributed by atoms with van der Waals surface area (Å²) in [4.78, 5) is 12.2. The lowest BCUT2D eigenvalue weighted by Crippen LogP contribution is -2.54. The number of hydrogen-bond acceptors (Lipinski definition) is 2. The van der Waals surface area contributed by atoms with E-state index in [1.165, 1.54) is 12.8 Å². The maximum absolute atomic E-state index is 12.2. The smallest absolute Gasteiger partial charge is 0.240 e. The molecule has 3 unspecified atom stereocenters. The number of nitrogens with one attached hydrogen (secondary N) is 2. The first-order chi connectivity index (χ1) is 7.60. The highest BCUT2D eigenvalue weighted by Gasteiger charge is 2.37. The van der Waals surface area contributed by atoms with E-state index in [0.29, 0.717) is 6.04 Å². The molecule has 0 spiro atoms. The van der Waals surface area contributed by atoms with Crippen LogP contribution in [0.15, 0.2) is 0 Å². The Morgan fingerprint density at radius 3 is 2.81 bits per heavy atom. The van der Waals surface area contributed by atoms with Crippen LogP contribution in [0.25, 0.3) is 0 Å². The van der Waals surface area contributed by atoms with E-state index in [1.807, 2.05) is 6.92 Å². The molecule has 1 aliphatic heterocycles. The summed E-state index contributed by atoms with van der Waals surface area (Å²) in [5, 5.41) is 6.55. The molecule has 0 aromatic heterocycles. The van der Waals surface area contributed by atoms with E-state index >= 15 is 0 Å². The van der Waals surface area contributed by atoms with E-state index in [4.69, 9.17) is 0 Å². The molecule has 1 aliphatic carbocycles. The molecule has 2 fully saturated rings. The predicted octanol–water partition coefficient (Wildman–Crippen LogP) is 1.82. The van der Waals surface area contributed by atoms with Crippen LogP contribution in [0.2, 0.25) is 0 Å². The second-order valence-electron chi connectivity index (χ2n) is 5.80. The summed E-state index contributed by atoms with van der Waals surface area (Å²) in [7, 11) is 0. The zero-order valence-corrected chi connectivity index (χ0v) is 10.5. The molecule has 2 rings (SSSR count). The van der Waals surface area contributed by atoms with Crippen LogP contribution in [0.3, 0.4) is 0 Å². The third-order valence-corrected chi connectivity index (χ3v) is 4.14. The number of carbonyl (C=O) groups is 1. The minimum atomic E-state index is -0.305. The van der Waals surface area contributed by atoms with E-state index in [2.05, 4.69) is 17.6 Å². The van der Waals surface area contributed by atoms with Crippen molar-refractivity contribution in [1.29, 1.82) is 0 Å². The van der Waals surface area contributed by atoms with Gasteiger partial charge in [-0.05, 0) is 45.1 Å². The largest absolute Gasteiger partial charge is 0.352 e. The lowest BCUT2D eigenvalue weighted by Gasteiger charge is -2.31. The summed E-state index contributed by atoms with van der Waals surface area (Å²) < 4.78 is 0. The van der Waals surface area contributed by atoms with Crippen molar-refractivity contribution in [3.8, 4) is 0 Å². The molecule has 1 heterocycles. The highest BCUT2D eigenvalue weighted by atomic mass is 16.2. The fraction of sp³-hybridized carbons (Fsp3) is 0.923. The van der Waals surface area contributed by atoms with Gasteiger partial charge in [-0.25, -0.2) is 0 Å². The van der Waals surface area contributed by atoms with Gasteiger partial charge in [0.2, 0.25) is 5.91 Å². The second kappa shape index (κ2) is 4.74. The van der Waals surface area contributed by atoms with Crippen molar-refractivity contribution < 1.29 is 4.79 Å². The van der Waals surface area contributed by atoms with Crippen molar-refractivity contribution in [2.24, 2.45) is 5.92 Å². The van der Waals surface area contributed by atoms with Gasteiger partial charge < -0.3 is 10.6 Å². The van der Waals surface area contributed by atoms with Crippen LogP contribution >= 0.6 is 0 Å². The molecule has 1 saturated carbocycles. The number of hydrogen-bond donors (Lipinski definition) is 2. The summed E-state index contributed by atoms with van der Waals surface area (Å²) >= 11 is 0. The monoisotopic (exact) mass is 224 g/mol. The van der Waals surface area contributed by atoms with E-state index in [-0.39, 0.29) is 11.4 Å². The van der Waals surface area contributed by atoms with Crippen LogP contribution in [0.1, 0.15) is 52.4 Å². The zero-order chi connectivity index (χ0) is 11.6. The molecule has 1 amide bonds. The lowest BCUT2D eigenvalue weighted by atomic mass is 9.86. The average Bonchev–Trinajstić information content (AvgIpc) is 2.66. The molecule has 0 bridgehead atoms. The van der Waals surface area contributed by atoms with Crippen LogP contribution in [-0.2, 0) is 4.79 Å². The second-order valence-corrected chi connectivity index (χ2v) is 5.80. The Balaban J connectivity index is 1.86. The van der Waals surface area contributed by atoms with Gasteiger partial charge in [-0.1, -0.05) is 19.8 Å². The standard InChI is InChI=1S/C13H24N2O/c1-10-5-3-6-11(9-10)15-12(16)13(2)7-4-8-14-13/h10-11,14H,3-9H2,1-2H3,(H,15,16). The third-order valence-electron chi connectivity index (χ3n) is 4.14. The quantitative estimate of drug-likeness (QED) is 0.751. The number of rotatable bonds is 2. The molecule has 0 radical (unpaired) electrons. The first kappa shape index (κ1) is 11.9. The molecule has 92 valence electrons. The molecule has 1 saturated heterocycles. The Hall–Kier alpha value is -0.570. The lowest BCUT2D eigenvalue weighted by molar-refractivity contribution is -0.127. The Morgan fingerprint density at radius 2 is 2.19 bits per heavy atom. The van der Waals surface area contributed by atoms with E-state index < -0.39 is 0 Å². The van der Waals surface area contributed by atoms with E-state index in [9.17, 15) is 4.79 Å². The first-order valence-electron chi connectivity index (χ1n) is 6.66. The van der Waals surface area contributed by atoms with Crippen molar-refractivity contribution in [2.75, 3.05) is 6.54 Å². The number of carbonyl (C=O) groups excluding carboxylic acids is 1. The van der Waals surface area contributed by atoms with Gasteiger partial charge in [-0.2, -0.15) is 0 Å². The maximum Gasteiger partial charge on any atom is 0.240 e. The van der Waals surface area contributed by atoms with Crippen molar-refractivity contribution in [2.45, 2.75) is 64.0 Å². The summed E-state index contributed by atoms with van der Waals surface area (Å²) in [5.41, 5.74) is -0.305. The average molecular weight is 224 g/mol. The molecule has 2 N–H and O–H groups in total. The molecule has 16 heavy (non-hydrogen) atoms. The van der Waals surface area contributed by atoms with Gasteiger partial charge in [-0.15, -0.1) is 0 Å². The van der Waals surface area contributed by atoms with Crippen molar-refractivity contribution >= 4 is 5.91 Å². The Kier molecular flexibility index (Phi) is 3.53. The molecule has 3 heteroatoms. The molecular weight excluding hydrogens is 200 g/mol. The van der Waals surface area contributed by atoms with E-state index in [1.54, 1.807) is 0 Å². The fourth-order valence-electron chi connectivity index (χ4n) is 3.00. The molecule has 0 aromatic rings. The van der Waals surface area contributed by atoms with Crippen molar-refractivity contribution in [1.82, 2.24) is 10.6 Å². The molecule has 2 aliphatic rings. The highest BCUT2D eigenvalue weighted by molar-refractivity contribution is 5.86. The highest BCUT2D eigenvalue weighted by Crippen LogP contribution is 2.25. The van der Waals surface area contributed by atoms with Crippen LogP contribution < -0.4 is 10.6 Å². The van der Waals surface area contributed by atoms with Gasteiger partial charge in [0.25, 0.3) is 0 Å². The summed E-state index contributed by atoms with van der Waals surface area (Å²) in [6.07, 6.45) is 6.98. The van der Waals surface area contributed by atoms with Crippen LogP contribution in [0, 0.1) is 5.92 Å². The SMILES string of the molecule is CC1CCCC(NC(=O)C2(C)CCCN2)C1. The maximum atomic E-state index is 12.2. The van der Waals surface area contributed by atoms with Crippen molar-refractivity contribution in [3.05, 3.63) is 0 Å². The summed E-state index contributed by atoms with van der Waals surface area (Å²) in [6.45, 7) is 5.29. The first-order valence-corrected chi connectivity index (χ1v) is 6.66. The normalized spacial score (nSPS) is 39.6. The van der Waals surface area contributed by atoms with E-state index in [0.717, 1.165) is 38.1 Å². The van der Waals surface area contributed by atoms with Crippen molar-refractivity contribution in [3.63, 3.8) is 0 Å². The minimum Gasteiger partial charge on any atom is -0.352 e. The summed E-state index contributed by atoms with van der Waals surface area (Å²) in [5.74, 6) is 0.979. The van der Waals surface area contributed by atoms with Gasteiger partial charge in [0.15, 0.2) is 0 Å². The molecule has 3 atom stereocenters. The Morgan fingerprint density at radius 1 is 1.38 bits per heavy atom. The van der Waals surface area contributed by atoms with Gasteiger partial charge in [0, 0.05) is 6.04 Å². The zero-order valence-electron chi connectivity index (χ0n) is 10.5. The van der Waals surface area contributed by atoms with Crippen LogP contribution in [0.5, 0.6) is 0 Å². The Bertz CT molecular complexity index is 259. The third kappa shape index (κ3) is 2.57. The van der Waals surface area contributed by atoms with Gasteiger partial charge in [0.1, 0.15) is 0 Å². The fourth-order valence-corrected chi connectivity index (χ4v) is 3.00. The Labute approximate surface area is 98.4 Å². The van der Waals surface area contributed by atoms with Crippen LogP contribution in [0.4, 0.5) is 0 Å². The van der Waals surface area contributed by atoms with Gasteiger partial charge >= 0.3 is 0 Å². The predicted molar refractivity (Wildman–Crippen MR) is 65.2 cm³/mol. The molecule has 0 aromatic carbocycles. The topological polar surface area (TPSA) is 41.1 Å². The molecular formula is C13H24N2O. The van der Waals surface area contributed by atoms with Gasteiger partial charge in [-0.3, -0.25) is 4.79 Å². The minimum absolute atomic E-state index is 0.212. The molecule has 3 nitrogen and oxygen atoms in total.